The van der Waals surface area contributed by atoms with Crippen molar-refractivity contribution in [3.8, 4) is 0 Å². The summed E-state index contributed by atoms with van der Waals surface area (Å²) in [7, 11) is 0. The number of nitrogens with one attached hydrogen (secondary N) is 1. The zero-order chi connectivity index (χ0) is 13.8. The summed E-state index contributed by atoms with van der Waals surface area (Å²) in [5.41, 5.74) is 0.153. The number of pyridine rings is 1. The molecule has 0 atom stereocenters. The van der Waals surface area contributed by atoms with Crippen LogP contribution < -0.4 is 5.32 Å². The number of nitrogens with zero attached hydrogens (tertiary/aromatic N) is 2. The third-order valence-electron chi connectivity index (χ3n) is 2.43. The first kappa shape index (κ1) is 12.9. The van der Waals surface area contributed by atoms with Crippen LogP contribution >= 0.6 is 0 Å². The summed E-state index contributed by atoms with van der Waals surface area (Å²) in [6.45, 7) is 0.108. The van der Waals surface area contributed by atoms with Crippen LogP contribution in [-0.2, 0) is 6.54 Å². The lowest BCUT2D eigenvalue weighted by molar-refractivity contribution is -0.385. The fraction of sp³-hybridized carbons (Fsp3) is 0.0833. The Hall–Kier alpha value is -2.57. The van der Waals surface area contributed by atoms with Gasteiger partial charge in [0, 0.05) is 24.2 Å². The average molecular weight is 265 g/mol. The van der Waals surface area contributed by atoms with Crippen molar-refractivity contribution in [1.29, 1.82) is 0 Å². The molecular weight excluding hydrogens is 256 g/mol. The van der Waals surface area contributed by atoms with Gasteiger partial charge in [0.15, 0.2) is 0 Å². The molecule has 0 aliphatic carbocycles. The maximum Gasteiger partial charge on any atom is 0.287 e. The van der Waals surface area contributed by atoms with Crippen molar-refractivity contribution in [1.82, 2.24) is 4.98 Å². The van der Waals surface area contributed by atoms with Gasteiger partial charge < -0.3 is 5.32 Å². The zero-order valence-corrected chi connectivity index (χ0v) is 9.64. The summed E-state index contributed by atoms with van der Waals surface area (Å²) in [6.07, 6.45) is 1.10. The van der Waals surface area contributed by atoms with Gasteiger partial charge in [-0.15, -0.1) is 0 Å². The SMILES string of the molecule is O=[N+]([O-])c1ccc(NCc2ccc(F)cc2F)nc1. The standard InChI is InChI=1S/C12H9F2N3O2/c13-9-2-1-8(11(14)5-9)6-15-12-4-3-10(7-16-12)17(18)19/h1-5,7H,6H2,(H,15,16). The third kappa shape index (κ3) is 3.21. The molecule has 0 bridgehead atoms. The highest BCUT2D eigenvalue weighted by molar-refractivity contribution is 5.40. The molecule has 7 heteroatoms. The quantitative estimate of drug-likeness (QED) is 0.681. The van der Waals surface area contributed by atoms with Crippen molar-refractivity contribution in [3.05, 3.63) is 63.8 Å². The van der Waals surface area contributed by atoms with Crippen molar-refractivity contribution in [2.24, 2.45) is 0 Å². The summed E-state index contributed by atoms with van der Waals surface area (Å²) >= 11 is 0. The first-order valence-electron chi connectivity index (χ1n) is 5.34. The number of hydrogen-bond donors (Lipinski definition) is 1. The number of aromatic nitrogens is 1. The third-order valence-corrected chi connectivity index (χ3v) is 2.43. The van der Waals surface area contributed by atoms with Crippen LogP contribution in [0.5, 0.6) is 0 Å². The van der Waals surface area contributed by atoms with Crippen LogP contribution in [-0.4, -0.2) is 9.91 Å². The number of anilines is 1. The van der Waals surface area contributed by atoms with Gasteiger partial charge in [0.05, 0.1) is 4.92 Å². The van der Waals surface area contributed by atoms with E-state index in [1.807, 2.05) is 0 Å². The maximum atomic E-state index is 13.3. The first-order valence-corrected chi connectivity index (χ1v) is 5.34. The molecule has 0 amide bonds. The van der Waals surface area contributed by atoms with Gasteiger partial charge in [-0.2, -0.15) is 0 Å². The van der Waals surface area contributed by atoms with Crippen molar-refractivity contribution in [2.45, 2.75) is 6.54 Å². The monoisotopic (exact) mass is 265 g/mol. The number of nitro groups is 1. The molecule has 0 aliphatic rings. The minimum Gasteiger partial charge on any atom is -0.366 e. The highest BCUT2D eigenvalue weighted by Crippen LogP contribution is 2.14. The van der Waals surface area contributed by atoms with Crippen LogP contribution in [0.4, 0.5) is 20.3 Å². The molecular formula is C12H9F2N3O2. The normalized spacial score (nSPS) is 10.2. The Morgan fingerprint density at radius 3 is 2.63 bits per heavy atom. The van der Waals surface area contributed by atoms with E-state index in [9.17, 15) is 18.9 Å². The molecule has 2 aromatic rings. The summed E-state index contributed by atoms with van der Waals surface area (Å²) in [5, 5.41) is 13.2. The maximum absolute atomic E-state index is 13.3. The van der Waals surface area contributed by atoms with Crippen LogP contribution in [0.3, 0.4) is 0 Å². The lowest BCUT2D eigenvalue weighted by Gasteiger charge is -2.06. The molecule has 0 fully saturated rings. The molecule has 0 spiro atoms. The van der Waals surface area contributed by atoms with Crippen molar-refractivity contribution >= 4 is 11.5 Å². The molecule has 0 saturated heterocycles. The Labute approximate surface area is 107 Å². The van der Waals surface area contributed by atoms with Crippen molar-refractivity contribution in [3.63, 3.8) is 0 Å². The van der Waals surface area contributed by atoms with E-state index in [0.717, 1.165) is 18.3 Å². The van der Waals surface area contributed by atoms with Crippen molar-refractivity contribution < 1.29 is 13.7 Å². The number of benzene rings is 1. The van der Waals surface area contributed by atoms with Gasteiger partial charge in [0.25, 0.3) is 5.69 Å². The van der Waals surface area contributed by atoms with E-state index in [0.29, 0.717) is 5.82 Å². The van der Waals surface area contributed by atoms with Crippen molar-refractivity contribution in [2.75, 3.05) is 5.32 Å². The second kappa shape index (κ2) is 5.38. The summed E-state index contributed by atoms with van der Waals surface area (Å²) in [6, 6.07) is 5.97. The molecule has 0 radical (unpaired) electrons. The lowest BCUT2D eigenvalue weighted by atomic mass is 10.2. The highest BCUT2D eigenvalue weighted by atomic mass is 19.1. The molecule has 19 heavy (non-hydrogen) atoms. The Balaban J connectivity index is 2.04. The Morgan fingerprint density at radius 1 is 1.26 bits per heavy atom. The smallest absolute Gasteiger partial charge is 0.287 e. The second-order valence-corrected chi connectivity index (χ2v) is 3.75. The van der Waals surface area contributed by atoms with Gasteiger partial charge >= 0.3 is 0 Å². The Kier molecular flexibility index (Phi) is 3.65. The van der Waals surface area contributed by atoms with Gasteiger partial charge in [0.1, 0.15) is 23.6 Å². The van der Waals surface area contributed by atoms with Gasteiger partial charge in [-0.1, -0.05) is 6.07 Å². The molecule has 98 valence electrons. The first-order chi connectivity index (χ1) is 9.06. The minimum atomic E-state index is -0.658. The molecule has 0 aliphatic heterocycles. The van der Waals surface area contributed by atoms with E-state index in [1.165, 1.54) is 18.2 Å². The number of hydrogen-bond acceptors (Lipinski definition) is 4. The van der Waals surface area contributed by atoms with Crippen LogP contribution in [0.25, 0.3) is 0 Å². The van der Waals surface area contributed by atoms with E-state index >= 15 is 0 Å². The Morgan fingerprint density at radius 2 is 2.05 bits per heavy atom. The van der Waals surface area contributed by atoms with Gasteiger partial charge in [-0.3, -0.25) is 10.1 Å². The molecule has 0 saturated carbocycles. The van der Waals surface area contributed by atoms with E-state index in [4.69, 9.17) is 0 Å². The predicted molar refractivity (Wildman–Crippen MR) is 64.6 cm³/mol. The van der Waals surface area contributed by atoms with Gasteiger partial charge in [-0.05, 0) is 12.1 Å². The van der Waals surface area contributed by atoms with E-state index in [-0.39, 0.29) is 17.8 Å². The van der Waals surface area contributed by atoms with Crippen LogP contribution in [0, 0.1) is 21.7 Å². The summed E-state index contributed by atoms with van der Waals surface area (Å²) in [4.78, 5) is 13.7. The molecule has 2 rings (SSSR count). The van der Waals surface area contributed by atoms with Crippen LogP contribution in [0.15, 0.2) is 36.5 Å². The largest absolute Gasteiger partial charge is 0.366 e. The van der Waals surface area contributed by atoms with E-state index < -0.39 is 16.6 Å². The highest BCUT2D eigenvalue weighted by Gasteiger charge is 2.06. The van der Waals surface area contributed by atoms with E-state index in [1.54, 1.807) is 0 Å². The summed E-state index contributed by atoms with van der Waals surface area (Å²) in [5.74, 6) is -0.932. The molecule has 1 heterocycles. The zero-order valence-electron chi connectivity index (χ0n) is 9.64. The van der Waals surface area contributed by atoms with Gasteiger partial charge in [0.2, 0.25) is 0 Å². The molecule has 0 unspecified atom stereocenters. The fourth-order valence-electron chi connectivity index (χ4n) is 1.45. The Bertz CT molecular complexity index is 602. The second-order valence-electron chi connectivity index (χ2n) is 3.75. The average Bonchev–Trinajstić information content (AvgIpc) is 2.38. The van der Waals surface area contributed by atoms with Crippen LogP contribution in [0.1, 0.15) is 5.56 Å². The predicted octanol–water partition coefficient (Wildman–Crippen LogP) is 2.88. The number of halogens is 2. The summed E-state index contributed by atoms with van der Waals surface area (Å²) < 4.78 is 26.0. The van der Waals surface area contributed by atoms with Crippen LogP contribution in [0.2, 0.25) is 0 Å². The molecule has 1 aromatic carbocycles. The lowest BCUT2D eigenvalue weighted by Crippen LogP contribution is -2.03. The minimum absolute atomic E-state index is 0.108. The molecule has 1 N–H and O–H groups in total. The number of rotatable bonds is 4. The molecule has 1 aromatic heterocycles. The fourth-order valence-corrected chi connectivity index (χ4v) is 1.45. The van der Waals surface area contributed by atoms with Gasteiger partial charge in [-0.25, -0.2) is 13.8 Å². The molecule has 5 nitrogen and oxygen atoms in total. The van der Waals surface area contributed by atoms with E-state index in [2.05, 4.69) is 10.3 Å². The topological polar surface area (TPSA) is 68.1 Å².